The van der Waals surface area contributed by atoms with Crippen LogP contribution in [0.15, 0.2) is 59.7 Å². The summed E-state index contributed by atoms with van der Waals surface area (Å²) in [5.74, 6) is 1.31. The summed E-state index contributed by atoms with van der Waals surface area (Å²) < 4.78 is 11.1. The molecule has 0 bridgehead atoms. The van der Waals surface area contributed by atoms with E-state index in [-0.39, 0.29) is 11.7 Å². The van der Waals surface area contributed by atoms with Crippen LogP contribution in [0.4, 0.5) is 0 Å². The molecule has 0 heterocycles. The zero-order chi connectivity index (χ0) is 15.8. The summed E-state index contributed by atoms with van der Waals surface area (Å²) in [6, 6.07) is 17.1. The average molecular weight is 315 g/mol. The lowest BCUT2D eigenvalue weighted by Gasteiger charge is -2.12. The first-order chi connectivity index (χ1) is 10.7. The first kappa shape index (κ1) is 15.8. The van der Waals surface area contributed by atoms with Crippen LogP contribution in [0.2, 0.25) is 0 Å². The Bertz CT molecular complexity index is 659. The number of nitrogens with zero attached hydrogens (tertiary/aromatic N) is 1. The summed E-state index contributed by atoms with van der Waals surface area (Å²) in [7, 11) is 1.60. The molecule has 114 valence electrons. The molecule has 0 amide bonds. The fraction of sp³-hybridized carbons (Fsp3) is 0.125. The Morgan fingerprint density at radius 3 is 2.36 bits per heavy atom. The summed E-state index contributed by atoms with van der Waals surface area (Å²) in [4.78, 5) is 0. The van der Waals surface area contributed by atoms with Crippen molar-refractivity contribution < 1.29 is 9.47 Å². The first-order valence-electron chi connectivity index (χ1n) is 6.64. The third-order valence-corrected chi connectivity index (χ3v) is 2.93. The van der Waals surface area contributed by atoms with Gasteiger partial charge in [-0.1, -0.05) is 42.5 Å². The van der Waals surface area contributed by atoms with Gasteiger partial charge in [0.2, 0.25) is 0 Å². The van der Waals surface area contributed by atoms with Crippen LogP contribution in [-0.2, 0) is 0 Å². The van der Waals surface area contributed by atoms with E-state index in [1.807, 2.05) is 54.6 Å². The van der Waals surface area contributed by atoms with Crippen LogP contribution < -0.4 is 20.6 Å². The standard InChI is InChI=1S/C16H17N3O2S/c1-20-14-9-5-6-10-15(14)21-11-13(18-19-16(17)22)12-7-3-2-4-8-12/h2-10H,11H2,1H3,(H3,17,19,22). The number of ether oxygens (including phenoxy) is 2. The lowest BCUT2D eigenvalue weighted by Crippen LogP contribution is -2.27. The van der Waals surface area contributed by atoms with Gasteiger partial charge in [0.25, 0.3) is 0 Å². The normalized spacial score (nSPS) is 10.9. The molecule has 6 heteroatoms. The Hall–Kier alpha value is -2.60. The van der Waals surface area contributed by atoms with Crippen molar-refractivity contribution in [3.05, 3.63) is 60.2 Å². The van der Waals surface area contributed by atoms with Gasteiger partial charge in [0, 0.05) is 5.56 Å². The molecule has 0 spiro atoms. The molecule has 0 unspecified atom stereocenters. The Morgan fingerprint density at radius 2 is 1.73 bits per heavy atom. The number of para-hydroxylation sites is 2. The fourth-order valence-electron chi connectivity index (χ4n) is 1.82. The number of benzene rings is 2. The number of thiocarbonyl (C=S) groups is 1. The van der Waals surface area contributed by atoms with Gasteiger partial charge < -0.3 is 15.2 Å². The molecule has 0 radical (unpaired) electrons. The molecular formula is C16H17N3O2S. The van der Waals surface area contributed by atoms with Gasteiger partial charge in [-0.3, -0.25) is 5.43 Å². The lowest BCUT2D eigenvalue weighted by molar-refractivity contribution is 0.334. The van der Waals surface area contributed by atoms with E-state index in [1.54, 1.807) is 7.11 Å². The predicted octanol–water partition coefficient (Wildman–Crippen LogP) is 2.31. The second-order valence-corrected chi connectivity index (χ2v) is 4.78. The van der Waals surface area contributed by atoms with Crippen LogP contribution in [0.1, 0.15) is 5.56 Å². The molecule has 0 aromatic heterocycles. The zero-order valence-corrected chi connectivity index (χ0v) is 13.0. The molecule has 0 aliphatic heterocycles. The van der Waals surface area contributed by atoms with Crippen LogP contribution in [0, 0.1) is 0 Å². The highest BCUT2D eigenvalue weighted by molar-refractivity contribution is 7.80. The molecule has 5 nitrogen and oxygen atoms in total. The minimum atomic E-state index is 0.103. The van der Waals surface area contributed by atoms with Gasteiger partial charge in [-0.2, -0.15) is 5.10 Å². The number of hydrazone groups is 1. The van der Waals surface area contributed by atoms with Gasteiger partial charge >= 0.3 is 0 Å². The SMILES string of the molecule is COc1ccccc1OCC(=NNC(N)=S)c1ccccc1. The van der Waals surface area contributed by atoms with Crippen LogP contribution in [-0.4, -0.2) is 24.5 Å². The maximum Gasteiger partial charge on any atom is 0.184 e. The van der Waals surface area contributed by atoms with Crippen molar-refractivity contribution >= 4 is 23.0 Å². The summed E-state index contributed by atoms with van der Waals surface area (Å²) >= 11 is 4.78. The Kier molecular flexibility index (Phi) is 5.73. The molecular weight excluding hydrogens is 298 g/mol. The van der Waals surface area contributed by atoms with Gasteiger partial charge in [-0.25, -0.2) is 0 Å². The van der Waals surface area contributed by atoms with E-state index < -0.39 is 0 Å². The summed E-state index contributed by atoms with van der Waals surface area (Å²) in [5, 5.41) is 4.30. The summed E-state index contributed by atoms with van der Waals surface area (Å²) in [5.41, 5.74) is 9.62. The molecule has 2 aromatic carbocycles. The van der Waals surface area contributed by atoms with Crippen molar-refractivity contribution in [3.63, 3.8) is 0 Å². The molecule has 0 aliphatic rings. The van der Waals surface area contributed by atoms with E-state index in [0.717, 1.165) is 5.56 Å². The third kappa shape index (κ3) is 4.46. The minimum Gasteiger partial charge on any atom is -0.493 e. The van der Waals surface area contributed by atoms with Crippen molar-refractivity contribution in [2.24, 2.45) is 10.8 Å². The highest BCUT2D eigenvalue weighted by Gasteiger charge is 2.08. The molecule has 0 aliphatic carbocycles. The molecule has 0 saturated heterocycles. The Labute approximate surface area is 134 Å². The maximum atomic E-state index is 5.80. The molecule has 3 N–H and O–H groups in total. The van der Waals surface area contributed by atoms with Crippen LogP contribution in [0.3, 0.4) is 0 Å². The predicted molar refractivity (Wildman–Crippen MR) is 91.4 cm³/mol. The Morgan fingerprint density at radius 1 is 1.09 bits per heavy atom. The van der Waals surface area contributed by atoms with Crippen molar-refractivity contribution in [3.8, 4) is 11.5 Å². The van der Waals surface area contributed by atoms with E-state index in [2.05, 4.69) is 10.5 Å². The molecule has 2 aromatic rings. The van der Waals surface area contributed by atoms with Crippen molar-refractivity contribution in [2.75, 3.05) is 13.7 Å². The number of methoxy groups -OCH3 is 1. The lowest BCUT2D eigenvalue weighted by atomic mass is 10.1. The minimum absolute atomic E-state index is 0.103. The average Bonchev–Trinajstić information content (AvgIpc) is 2.55. The summed E-state index contributed by atoms with van der Waals surface area (Å²) in [6.45, 7) is 0.250. The molecule has 22 heavy (non-hydrogen) atoms. The van der Waals surface area contributed by atoms with Crippen LogP contribution in [0.5, 0.6) is 11.5 Å². The van der Waals surface area contributed by atoms with Gasteiger partial charge in [-0.05, 0) is 24.4 Å². The van der Waals surface area contributed by atoms with Crippen LogP contribution >= 0.6 is 12.2 Å². The second-order valence-electron chi connectivity index (χ2n) is 4.34. The topological polar surface area (TPSA) is 68.9 Å². The van der Waals surface area contributed by atoms with Crippen molar-refractivity contribution in [1.29, 1.82) is 0 Å². The number of hydrogen-bond donors (Lipinski definition) is 2. The smallest absolute Gasteiger partial charge is 0.184 e. The van der Waals surface area contributed by atoms with Crippen molar-refractivity contribution in [2.45, 2.75) is 0 Å². The monoisotopic (exact) mass is 315 g/mol. The zero-order valence-electron chi connectivity index (χ0n) is 12.2. The number of rotatable bonds is 6. The van der Waals surface area contributed by atoms with E-state index in [0.29, 0.717) is 17.2 Å². The Balaban J connectivity index is 2.17. The van der Waals surface area contributed by atoms with Crippen molar-refractivity contribution in [1.82, 2.24) is 5.43 Å². The van der Waals surface area contributed by atoms with Crippen LogP contribution in [0.25, 0.3) is 0 Å². The second kappa shape index (κ2) is 7.99. The quantitative estimate of drug-likeness (QED) is 0.486. The highest BCUT2D eigenvalue weighted by Crippen LogP contribution is 2.25. The fourth-order valence-corrected chi connectivity index (χ4v) is 1.86. The van der Waals surface area contributed by atoms with Gasteiger partial charge in [0.1, 0.15) is 12.3 Å². The van der Waals surface area contributed by atoms with E-state index >= 15 is 0 Å². The number of hydrogen-bond acceptors (Lipinski definition) is 4. The van der Waals surface area contributed by atoms with Gasteiger partial charge in [0.15, 0.2) is 16.6 Å². The summed E-state index contributed by atoms with van der Waals surface area (Å²) in [6.07, 6.45) is 0. The maximum absolute atomic E-state index is 5.80. The number of nitrogens with one attached hydrogen (secondary N) is 1. The first-order valence-corrected chi connectivity index (χ1v) is 7.05. The largest absolute Gasteiger partial charge is 0.493 e. The van der Waals surface area contributed by atoms with E-state index in [9.17, 15) is 0 Å². The van der Waals surface area contributed by atoms with Gasteiger partial charge in [0.05, 0.1) is 7.11 Å². The highest BCUT2D eigenvalue weighted by atomic mass is 32.1. The van der Waals surface area contributed by atoms with Gasteiger partial charge in [-0.15, -0.1) is 0 Å². The molecule has 0 atom stereocenters. The molecule has 0 fully saturated rings. The van der Waals surface area contributed by atoms with E-state index in [1.165, 1.54) is 0 Å². The number of nitrogens with two attached hydrogens (primary N) is 1. The molecule has 0 saturated carbocycles. The van der Waals surface area contributed by atoms with E-state index in [4.69, 9.17) is 27.4 Å². The molecule has 2 rings (SSSR count). The third-order valence-electron chi connectivity index (χ3n) is 2.84.